The molecule has 11 amide bonds. The van der Waals surface area contributed by atoms with Crippen LogP contribution in [0.5, 0.6) is 5.75 Å². The molecular weight excluding hydrogens is 1400 g/mol. The number of H-pyrrole nitrogens is 1. The molecule has 0 radical (unpaired) electrons. The highest BCUT2D eigenvalue weighted by atomic mass is 32.2. The quantitative estimate of drug-likeness (QED) is 0.0240. The number of hydrogen-bond acceptors (Lipinski definition) is 24. The van der Waals surface area contributed by atoms with Crippen molar-refractivity contribution in [3.8, 4) is 5.75 Å². The highest BCUT2D eigenvalue weighted by Crippen LogP contribution is 2.41. The minimum absolute atomic E-state index is 0.000869. The summed E-state index contributed by atoms with van der Waals surface area (Å²) in [5.41, 5.74) is 6.94. The summed E-state index contributed by atoms with van der Waals surface area (Å²) >= 11 is -0.998. The molecule has 5 aliphatic rings. The third-order valence-electron chi connectivity index (χ3n) is 18.9. The topological polar surface area (TPSA) is 504 Å². The molecule has 3 unspecified atom stereocenters. The average molecular weight is 1500 g/mol. The van der Waals surface area contributed by atoms with Crippen LogP contribution in [0.15, 0.2) is 35.5 Å². The Labute approximate surface area is 607 Å². The van der Waals surface area contributed by atoms with Gasteiger partial charge in [0.2, 0.25) is 70.0 Å². The van der Waals surface area contributed by atoms with E-state index in [4.69, 9.17) is 29.4 Å². The number of likely N-dealkylation sites (tertiary alicyclic amines) is 1. The van der Waals surface area contributed by atoms with Gasteiger partial charge >= 0.3 is 0 Å². The third-order valence-corrected chi connectivity index (χ3v) is 21.7. The summed E-state index contributed by atoms with van der Waals surface area (Å²) < 4.78 is 45.7. The number of methoxy groups -OCH3 is 1. The molecule has 2 bridgehead atoms. The number of benzene rings is 1. The number of nitrogens with one attached hydrogen (secondary N) is 8. The SMILES string of the molecule is CC[C@H](C)[C@@H]1CCNC(=O)CNC(=O)[C@@H]2CNC(=O)[C@H]([C@@H](C)[C@@H](O)CO)NC(=O)C3C[C@@H](O)CN3C(=O)[C@H](CC(N)=O)NC(=O)[C@@H](C[S+]([O-])c3[nH]c4c(CSC5CCN(C(=O)CCOCCOCCOCCOCCn6cc(CN7C(=O)C=CC7O)nn6)CC5)c(OC)ccc4c32)NC(=O)CNC1=O. The number of hydrogen-bond donors (Lipinski definition) is 13. The van der Waals surface area contributed by atoms with Gasteiger partial charge in [0.05, 0.1) is 135 Å². The van der Waals surface area contributed by atoms with Gasteiger partial charge in [-0.15, -0.1) is 5.10 Å². The van der Waals surface area contributed by atoms with Gasteiger partial charge in [-0.25, -0.2) is 4.68 Å². The number of aliphatic hydroxyl groups excluding tert-OH is 4. The first kappa shape index (κ1) is 81.6. The first-order chi connectivity index (χ1) is 49.9. The molecule has 36 nitrogen and oxygen atoms in total. The summed E-state index contributed by atoms with van der Waals surface area (Å²) in [5.74, 6) is -13.1. The Bertz CT molecular complexity index is 3520. The summed E-state index contributed by atoms with van der Waals surface area (Å²) in [7, 11) is 1.43. The lowest BCUT2D eigenvalue weighted by molar-refractivity contribution is -0.144. The molecule has 2 saturated heterocycles. The standard InChI is InChI=1S/C66H97N15O21S2/c1-5-37(2)42-10-14-68-52(86)29-70-61(92)44-28-69-64(95)58(38(3)49(84)34-82)74-63(94)48-26-40(83)33-80(48)66(96)46(27-51(67)85)73-62(93)47(72-53(87)30-71-60(42)91)36-104(97)65-57(44)43-6-7-50(98-4)45(59(43)75-65)35-103-41-11-15-78(16-12-41)54(88)13-18-99-20-22-101-24-25-102-23-21-100-19-17-79-31-39(76-77-79)32-81-55(89)8-9-56(81)90/h6-9,31,37-38,40-42,44,46-49,55,58,75,82-84,89H,5,10-30,32-36H2,1-4H3,(H2,67,85)(H,68,86)(H,69,95)(H,70,92)(H,71,91)(H,72,87)(H,73,93)(H,74,94)/t37-,38-,40+,42-,44+,46-,47+,48?,49-,55?,58-,104?/m0/s1. The van der Waals surface area contributed by atoms with E-state index in [1.165, 1.54) is 31.1 Å². The summed E-state index contributed by atoms with van der Waals surface area (Å²) in [4.78, 5) is 161. The molecule has 8 rings (SSSR count). The van der Waals surface area contributed by atoms with Crippen molar-refractivity contribution in [3.05, 3.63) is 47.3 Å². The Morgan fingerprint density at radius 2 is 1.51 bits per heavy atom. The molecule has 12 atom stereocenters. The number of amides is 11. The lowest BCUT2D eigenvalue weighted by atomic mass is 9.88. The van der Waals surface area contributed by atoms with Crippen LogP contribution < -0.4 is 47.7 Å². The normalized spacial score (nSPS) is 24.8. The van der Waals surface area contributed by atoms with E-state index in [0.29, 0.717) is 88.9 Å². The fourth-order valence-corrected chi connectivity index (χ4v) is 15.4. The molecule has 0 saturated carbocycles. The first-order valence-electron chi connectivity index (χ1n) is 34.8. The van der Waals surface area contributed by atoms with E-state index in [-0.39, 0.29) is 96.0 Å². The minimum Gasteiger partial charge on any atom is -0.610 e. The van der Waals surface area contributed by atoms with Gasteiger partial charge in [0.1, 0.15) is 41.5 Å². The second-order valence-electron chi connectivity index (χ2n) is 26.1. The predicted molar refractivity (Wildman–Crippen MR) is 371 cm³/mol. The Hall–Kier alpha value is -8.05. The number of piperidine rings is 1. The van der Waals surface area contributed by atoms with E-state index in [2.05, 4.69) is 52.5 Å². The van der Waals surface area contributed by atoms with E-state index in [9.17, 15) is 68.4 Å². The zero-order valence-corrected chi connectivity index (χ0v) is 60.3. The molecule has 38 heteroatoms. The monoisotopic (exact) mass is 1500 g/mol. The Morgan fingerprint density at radius 3 is 2.17 bits per heavy atom. The molecule has 2 fully saturated rings. The number of nitrogens with zero attached hydrogens (tertiary/aromatic N) is 6. The lowest BCUT2D eigenvalue weighted by Crippen LogP contribution is -2.61. The van der Waals surface area contributed by atoms with Crippen molar-refractivity contribution >= 4 is 98.8 Å². The Balaban J connectivity index is 0.964. The average Bonchev–Trinajstić information content (AvgIpc) is 1.59. The van der Waals surface area contributed by atoms with Crippen molar-refractivity contribution in [3.63, 3.8) is 0 Å². The number of aromatic amines is 1. The zero-order chi connectivity index (χ0) is 75.1. The smallest absolute Gasteiger partial charge is 0.249 e. The third kappa shape index (κ3) is 22.5. The van der Waals surface area contributed by atoms with Crippen molar-refractivity contribution in [2.24, 2.45) is 23.5 Å². The van der Waals surface area contributed by atoms with Crippen molar-refractivity contribution in [2.45, 2.75) is 143 Å². The lowest BCUT2D eigenvalue weighted by Gasteiger charge is -2.32. The number of carbonyl (C=O) groups is 11. The number of primary amides is 1. The number of fused-ring (bicyclic) bond motifs is 4. The molecule has 104 heavy (non-hydrogen) atoms. The van der Waals surface area contributed by atoms with Gasteiger partial charge < -0.3 is 111 Å². The number of nitrogens with two attached hydrogens (primary N) is 1. The highest BCUT2D eigenvalue weighted by molar-refractivity contribution is 7.99. The predicted octanol–water partition coefficient (Wildman–Crippen LogP) is -4.62. The van der Waals surface area contributed by atoms with E-state index in [1.807, 2.05) is 6.92 Å². The number of ether oxygens (including phenoxy) is 5. The molecule has 7 heterocycles. The van der Waals surface area contributed by atoms with E-state index in [0.717, 1.165) is 4.90 Å². The van der Waals surface area contributed by atoms with Gasteiger partial charge in [0.25, 0.3) is 0 Å². The maximum atomic E-state index is 15.6. The maximum absolute atomic E-state index is 15.6. The van der Waals surface area contributed by atoms with Gasteiger partial charge in [0.15, 0.2) is 6.04 Å². The van der Waals surface area contributed by atoms with Crippen LogP contribution in [0.1, 0.15) is 88.5 Å². The summed E-state index contributed by atoms with van der Waals surface area (Å²) in [5, 5.41) is 68.2. The van der Waals surface area contributed by atoms with Crippen LogP contribution in [-0.4, -0.2) is 291 Å². The van der Waals surface area contributed by atoms with Gasteiger partial charge in [-0.05, 0) is 43.4 Å². The van der Waals surface area contributed by atoms with Crippen LogP contribution in [0.4, 0.5) is 0 Å². The number of aliphatic hydroxyl groups is 4. The highest BCUT2D eigenvalue weighted by Gasteiger charge is 2.46. The van der Waals surface area contributed by atoms with Crippen molar-refractivity contribution < 1.29 is 101 Å². The number of rotatable bonds is 28. The van der Waals surface area contributed by atoms with Crippen molar-refractivity contribution in [1.29, 1.82) is 0 Å². The van der Waals surface area contributed by atoms with E-state index in [1.54, 1.807) is 46.6 Å². The van der Waals surface area contributed by atoms with Crippen LogP contribution in [0.2, 0.25) is 0 Å². The van der Waals surface area contributed by atoms with Gasteiger partial charge in [0, 0.05) is 95.7 Å². The molecular formula is C66H97N15O21S2. The second kappa shape index (κ2) is 39.9. The molecule has 0 aliphatic carbocycles. The summed E-state index contributed by atoms with van der Waals surface area (Å²) in [6.45, 7) is 5.35. The van der Waals surface area contributed by atoms with Crippen LogP contribution in [0, 0.1) is 17.8 Å². The zero-order valence-electron chi connectivity index (χ0n) is 58.7. The van der Waals surface area contributed by atoms with Crippen LogP contribution in [0.3, 0.4) is 0 Å². The van der Waals surface area contributed by atoms with Crippen molar-refractivity contribution in [1.82, 2.24) is 71.9 Å². The van der Waals surface area contributed by atoms with Crippen LogP contribution >= 0.6 is 11.8 Å². The maximum Gasteiger partial charge on any atom is 0.249 e. The minimum atomic E-state index is -2.54. The van der Waals surface area contributed by atoms with Gasteiger partial charge in [-0.1, -0.05) is 32.4 Å². The Kier molecular flexibility index (Phi) is 31.3. The second-order valence-corrected chi connectivity index (χ2v) is 28.8. The fourth-order valence-electron chi connectivity index (χ4n) is 12.8. The molecule has 574 valence electrons. The number of aromatic nitrogens is 4. The fraction of sp³-hybridized carbons (Fsp3) is 0.652. The molecule has 0 spiro atoms. The molecule has 3 aromatic rings. The van der Waals surface area contributed by atoms with Gasteiger partial charge in [-0.3, -0.25) is 52.7 Å². The molecule has 5 aliphatic heterocycles. The molecule has 2 aromatic heterocycles. The van der Waals surface area contributed by atoms with E-state index >= 15 is 9.35 Å². The summed E-state index contributed by atoms with van der Waals surface area (Å²) in [6.07, 6.45) is 1.04. The number of thioether (sulfide) groups is 1. The molecule has 1 aromatic carbocycles. The van der Waals surface area contributed by atoms with E-state index < -0.39 is 176 Å². The van der Waals surface area contributed by atoms with Crippen LogP contribution in [0.25, 0.3) is 10.9 Å². The van der Waals surface area contributed by atoms with Gasteiger partial charge in [-0.2, -0.15) is 11.8 Å². The largest absolute Gasteiger partial charge is 0.610 e. The number of carbonyl (C=O) groups excluding carboxylic acids is 11. The van der Waals surface area contributed by atoms with Crippen LogP contribution in [-0.2, 0) is 102 Å². The van der Waals surface area contributed by atoms with Crippen molar-refractivity contribution in [2.75, 3.05) is 118 Å². The molecule has 14 N–H and O–H groups in total. The first-order valence-corrected chi connectivity index (χ1v) is 37.2. The Morgan fingerprint density at radius 1 is 0.827 bits per heavy atom. The summed E-state index contributed by atoms with van der Waals surface area (Å²) in [6, 6.07) is -3.90.